The predicted molar refractivity (Wildman–Crippen MR) is 88.2 cm³/mol. The van der Waals surface area contributed by atoms with Gasteiger partial charge in [-0.05, 0) is 38.0 Å². The molecule has 0 bridgehead atoms. The molecule has 2 fully saturated rings. The van der Waals surface area contributed by atoms with Crippen LogP contribution >= 0.6 is 0 Å². The molecule has 1 N–H and O–H groups in total. The summed E-state index contributed by atoms with van der Waals surface area (Å²) in [7, 11) is 0. The Bertz CT molecular complexity index is 340. The molecule has 0 radical (unpaired) electrons. The van der Waals surface area contributed by atoms with Gasteiger partial charge in [-0.25, -0.2) is 0 Å². The summed E-state index contributed by atoms with van der Waals surface area (Å²) in [5.74, 6) is 1.22. The van der Waals surface area contributed by atoms with Gasteiger partial charge in [0.15, 0.2) is 0 Å². The minimum atomic E-state index is -0.238. The smallest absolute Gasteiger partial charge is 0.227 e. The maximum Gasteiger partial charge on any atom is 0.227 e. The monoisotopic (exact) mass is 294 g/mol. The van der Waals surface area contributed by atoms with E-state index in [0.29, 0.717) is 18.0 Å². The fraction of sp³-hybridized carbons (Fsp3) is 0.944. The van der Waals surface area contributed by atoms with Gasteiger partial charge in [-0.2, -0.15) is 0 Å². The molecular weight excluding hydrogens is 260 g/mol. The molecule has 122 valence electrons. The highest BCUT2D eigenvalue weighted by Gasteiger charge is 2.31. The zero-order valence-corrected chi connectivity index (χ0v) is 14.5. The summed E-state index contributed by atoms with van der Waals surface area (Å²) in [6.07, 6.45) is 9.06. The van der Waals surface area contributed by atoms with Crippen molar-refractivity contribution in [2.45, 2.75) is 84.7 Å². The molecule has 1 saturated heterocycles. The molecule has 2 rings (SSSR count). The second-order valence-electron chi connectivity index (χ2n) is 8.29. The molecule has 0 aromatic carbocycles. The zero-order valence-electron chi connectivity index (χ0n) is 14.5. The van der Waals surface area contributed by atoms with Crippen LogP contribution in [0.4, 0.5) is 0 Å². The minimum absolute atomic E-state index is 0.238. The number of likely N-dealkylation sites (tertiary alicyclic amines) is 1. The Morgan fingerprint density at radius 3 is 2.19 bits per heavy atom. The second-order valence-corrected chi connectivity index (χ2v) is 8.29. The Hall–Kier alpha value is -0.570. The highest BCUT2D eigenvalue weighted by molar-refractivity contribution is 5.81. The van der Waals surface area contributed by atoms with Crippen molar-refractivity contribution in [1.29, 1.82) is 0 Å². The van der Waals surface area contributed by atoms with E-state index in [4.69, 9.17) is 0 Å². The first-order valence-electron chi connectivity index (χ1n) is 8.91. The van der Waals surface area contributed by atoms with Gasteiger partial charge in [0.05, 0.1) is 0 Å². The highest BCUT2D eigenvalue weighted by Crippen LogP contribution is 2.25. The van der Waals surface area contributed by atoms with Crippen LogP contribution in [0.1, 0.15) is 72.6 Å². The second kappa shape index (κ2) is 7.13. The third kappa shape index (κ3) is 4.98. The van der Waals surface area contributed by atoms with Crippen LogP contribution in [0.2, 0.25) is 0 Å². The molecule has 1 aliphatic heterocycles. The van der Waals surface area contributed by atoms with Crippen molar-refractivity contribution in [2.24, 2.45) is 11.3 Å². The summed E-state index contributed by atoms with van der Waals surface area (Å²) in [6.45, 7) is 10.3. The van der Waals surface area contributed by atoms with Gasteiger partial charge in [-0.1, -0.05) is 40.5 Å². The van der Waals surface area contributed by atoms with E-state index in [0.717, 1.165) is 31.8 Å². The van der Waals surface area contributed by atoms with E-state index in [9.17, 15) is 4.79 Å². The molecule has 3 heteroatoms. The van der Waals surface area contributed by atoms with E-state index >= 15 is 0 Å². The van der Waals surface area contributed by atoms with Crippen molar-refractivity contribution in [3.05, 3.63) is 0 Å². The largest absolute Gasteiger partial charge is 0.342 e. The van der Waals surface area contributed by atoms with Crippen LogP contribution in [-0.4, -0.2) is 36.0 Å². The number of carbonyl (C=O) groups is 1. The molecule has 1 aliphatic carbocycles. The third-order valence-corrected chi connectivity index (χ3v) is 5.15. The predicted octanol–water partition coefficient (Wildman–Crippen LogP) is 3.58. The Labute approximate surface area is 130 Å². The van der Waals surface area contributed by atoms with Crippen molar-refractivity contribution in [1.82, 2.24) is 10.2 Å². The standard InChI is InChI=1S/C18H34N2O/c1-14-6-5-7-15(9-8-14)19-16-10-12-20(13-11-16)17(21)18(2,3)4/h14-16,19H,5-13H2,1-4H3. The molecule has 1 saturated carbocycles. The molecule has 1 amide bonds. The van der Waals surface area contributed by atoms with Gasteiger partial charge in [-0.3, -0.25) is 4.79 Å². The van der Waals surface area contributed by atoms with Crippen LogP contribution < -0.4 is 5.32 Å². The first-order valence-corrected chi connectivity index (χ1v) is 8.91. The fourth-order valence-corrected chi connectivity index (χ4v) is 3.71. The van der Waals surface area contributed by atoms with Crippen molar-refractivity contribution in [3.8, 4) is 0 Å². The Morgan fingerprint density at radius 2 is 1.57 bits per heavy atom. The Morgan fingerprint density at radius 1 is 0.952 bits per heavy atom. The minimum Gasteiger partial charge on any atom is -0.342 e. The van der Waals surface area contributed by atoms with E-state index in [-0.39, 0.29) is 5.41 Å². The molecule has 1 heterocycles. The van der Waals surface area contributed by atoms with Gasteiger partial charge in [0.25, 0.3) is 0 Å². The van der Waals surface area contributed by atoms with Crippen LogP contribution in [0.25, 0.3) is 0 Å². The average Bonchev–Trinajstić information content (AvgIpc) is 2.63. The van der Waals surface area contributed by atoms with Gasteiger partial charge in [0.2, 0.25) is 5.91 Å². The van der Waals surface area contributed by atoms with Crippen LogP contribution in [0, 0.1) is 11.3 Å². The lowest BCUT2D eigenvalue weighted by atomic mass is 9.92. The Kier molecular flexibility index (Phi) is 5.70. The zero-order chi connectivity index (χ0) is 15.5. The summed E-state index contributed by atoms with van der Waals surface area (Å²) < 4.78 is 0. The number of nitrogens with zero attached hydrogens (tertiary/aromatic N) is 1. The molecule has 3 nitrogen and oxygen atoms in total. The number of nitrogens with one attached hydrogen (secondary N) is 1. The van der Waals surface area contributed by atoms with Gasteiger partial charge in [0, 0.05) is 30.6 Å². The summed E-state index contributed by atoms with van der Waals surface area (Å²) in [5, 5.41) is 3.88. The normalized spacial score (nSPS) is 29.2. The third-order valence-electron chi connectivity index (χ3n) is 5.15. The Balaban J connectivity index is 1.75. The molecule has 2 aliphatic rings. The van der Waals surface area contributed by atoms with Crippen molar-refractivity contribution in [2.75, 3.05) is 13.1 Å². The lowest BCUT2D eigenvalue weighted by molar-refractivity contribution is -0.140. The SMILES string of the molecule is CC1CCCC(NC2CCN(C(=O)C(C)(C)C)CC2)CC1. The average molecular weight is 294 g/mol. The number of carbonyl (C=O) groups excluding carboxylic acids is 1. The maximum absolute atomic E-state index is 12.3. The highest BCUT2D eigenvalue weighted by atomic mass is 16.2. The first-order chi connectivity index (χ1) is 9.86. The quantitative estimate of drug-likeness (QED) is 0.790. The maximum atomic E-state index is 12.3. The fourth-order valence-electron chi connectivity index (χ4n) is 3.71. The van der Waals surface area contributed by atoms with Crippen LogP contribution in [0.5, 0.6) is 0 Å². The molecule has 0 aromatic rings. The summed E-state index contributed by atoms with van der Waals surface area (Å²) in [4.78, 5) is 14.4. The van der Waals surface area contributed by atoms with Crippen molar-refractivity contribution < 1.29 is 4.79 Å². The van der Waals surface area contributed by atoms with Gasteiger partial charge in [-0.15, -0.1) is 0 Å². The van der Waals surface area contributed by atoms with Gasteiger partial charge in [0.1, 0.15) is 0 Å². The lowest BCUT2D eigenvalue weighted by Crippen LogP contribution is -2.50. The van der Waals surface area contributed by atoms with Gasteiger partial charge < -0.3 is 10.2 Å². The molecule has 2 unspecified atom stereocenters. The van der Waals surface area contributed by atoms with Crippen LogP contribution in [0.3, 0.4) is 0 Å². The van der Waals surface area contributed by atoms with E-state index in [1.807, 2.05) is 20.8 Å². The van der Waals surface area contributed by atoms with E-state index < -0.39 is 0 Å². The van der Waals surface area contributed by atoms with E-state index in [1.165, 1.54) is 32.1 Å². The van der Waals surface area contributed by atoms with Crippen molar-refractivity contribution in [3.63, 3.8) is 0 Å². The van der Waals surface area contributed by atoms with Crippen LogP contribution in [0.15, 0.2) is 0 Å². The van der Waals surface area contributed by atoms with E-state index in [2.05, 4.69) is 17.1 Å². The molecule has 0 spiro atoms. The molecule has 0 aromatic heterocycles. The summed E-state index contributed by atoms with van der Waals surface area (Å²) in [5.41, 5.74) is -0.238. The number of rotatable bonds is 2. The summed E-state index contributed by atoms with van der Waals surface area (Å²) in [6, 6.07) is 1.33. The molecular formula is C18H34N2O. The number of piperidine rings is 1. The first kappa shape index (κ1) is 16.8. The number of hydrogen-bond donors (Lipinski definition) is 1. The van der Waals surface area contributed by atoms with E-state index in [1.54, 1.807) is 0 Å². The lowest BCUT2D eigenvalue weighted by Gasteiger charge is -2.37. The van der Waals surface area contributed by atoms with Gasteiger partial charge >= 0.3 is 0 Å². The van der Waals surface area contributed by atoms with Crippen LogP contribution in [-0.2, 0) is 4.79 Å². The topological polar surface area (TPSA) is 32.3 Å². The number of hydrogen-bond acceptors (Lipinski definition) is 2. The molecule has 2 atom stereocenters. The van der Waals surface area contributed by atoms with Crippen molar-refractivity contribution >= 4 is 5.91 Å². The molecule has 21 heavy (non-hydrogen) atoms. The number of amides is 1. The summed E-state index contributed by atoms with van der Waals surface area (Å²) >= 11 is 0.